The highest BCUT2D eigenvalue weighted by atomic mass is 16.6. The van der Waals surface area contributed by atoms with Crippen molar-refractivity contribution >= 4 is 11.9 Å². The lowest BCUT2D eigenvalue weighted by Crippen LogP contribution is -2.30. The number of carbonyl (C=O) groups excluding carboxylic acids is 2. The standard InChI is InChI=1S/C57H102O5/c1-4-7-10-13-16-19-22-25-27-28-29-30-32-33-35-38-41-44-47-50-56(58)61-54-55(53-60-52-49-46-43-40-37-24-21-18-15-12-9-6-3)62-57(59)51-48-45-42-39-36-34-31-26-23-20-17-14-11-8-5-2/h8,11,15,17-18,20,26,31,36,39,55H,4-7,9-10,12-14,16,19,21-25,27-30,32-35,37-38,40-54H2,1-3H3/b11-8-,18-15-,20-17-,31-26-,39-36-. The van der Waals surface area contributed by atoms with E-state index in [2.05, 4.69) is 81.5 Å². The molecule has 0 radical (unpaired) electrons. The van der Waals surface area contributed by atoms with Crippen molar-refractivity contribution < 1.29 is 23.8 Å². The molecule has 0 fully saturated rings. The highest BCUT2D eigenvalue weighted by Crippen LogP contribution is 2.16. The molecule has 0 saturated carbocycles. The molecule has 0 spiro atoms. The number of hydrogen-bond donors (Lipinski definition) is 0. The van der Waals surface area contributed by atoms with Crippen LogP contribution in [0.5, 0.6) is 0 Å². The molecule has 0 heterocycles. The Kier molecular flexibility index (Phi) is 50.9. The van der Waals surface area contributed by atoms with E-state index in [1.54, 1.807) is 0 Å². The van der Waals surface area contributed by atoms with Crippen LogP contribution in [-0.4, -0.2) is 37.9 Å². The predicted octanol–water partition coefficient (Wildman–Crippen LogP) is 18.1. The molecule has 0 amide bonds. The van der Waals surface area contributed by atoms with Crippen LogP contribution >= 0.6 is 0 Å². The molecule has 0 aliphatic heterocycles. The molecule has 1 unspecified atom stereocenters. The second-order valence-electron chi connectivity index (χ2n) is 17.8. The van der Waals surface area contributed by atoms with Crippen molar-refractivity contribution in [2.45, 2.75) is 271 Å². The van der Waals surface area contributed by atoms with Crippen LogP contribution in [0.2, 0.25) is 0 Å². The lowest BCUT2D eigenvalue weighted by Gasteiger charge is -2.18. The number of esters is 2. The third kappa shape index (κ3) is 50.2. The number of carbonyl (C=O) groups is 2. The SMILES string of the molecule is CC/C=C\C/C=C\C/C=C\C/C=C\CCCCC(=O)OC(COCCCCCCCC/C=C\CCCC)COC(=O)CCCCCCCCCCCCCCCCCCCCC. The summed E-state index contributed by atoms with van der Waals surface area (Å²) in [6.07, 6.45) is 66.7. The molecule has 0 aromatic rings. The lowest BCUT2D eigenvalue weighted by atomic mass is 10.0. The number of hydrogen-bond acceptors (Lipinski definition) is 5. The molecule has 0 aromatic heterocycles. The van der Waals surface area contributed by atoms with Gasteiger partial charge >= 0.3 is 11.9 Å². The summed E-state index contributed by atoms with van der Waals surface area (Å²) in [5, 5.41) is 0. The van der Waals surface area contributed by atoms with Gasteiger partial charge in [0.1, 0.15) is 6.61 Å². The Bertz CT molecular complexity index is 1070. The van der Waals surface area contributed by atoms with E-state index in [1.807, 2.05) is 0 Å². The van der Waals surface area contributed by atoms with Crippen molar-refractivity contribution in [3.05, 3.63) is 60.8 Å². The first-order valence-electron chi connectivity index (χ1n) is 26.8. The van der Waals surface area contributed by atoms with E-state index in [-0.39, 0.29) is 25.2 Å². The van der Waals surface area contributed by atoms with Crippen LogP contribution in [0, 0.1) is 0 Å². The van der Waals surface area contributed by atoms with Crippen LogP contribution in [0.3, 0.4) is 0 Å². The number of unbranched alkanes of at least 4 members (excludes halogenated alkanes) is 28. The Labute approximate surface area is 385 Å². The molecular formula is C57H102O5. The molecule has 360 valence electrons. The van der Waals surface area contributed by atoms with E-state index in [4.69, 9.17) is 14.2 Å². The molecule has 1 atom stereocenters. The Morgan fingerprint density at radius 2 is 0.742 bits per heavy atom. The molecule has 5 heteroatoms. The van der Waals surface area contributed by atoms with Gasteiger partial charge in [-0.2, -0.15) is 0 Å². The molecule has 0 aliphatic rings. The molecule has 0 rings (SSSR count). The van der Waals surface area contributed by atoms with Crippen LogP contribution in [0.4, 0.5) is 0 Å². The molecule has 62 heavy (non-hydrogen) atoms. The topological polar surface area (TPSA) is 61.8 Å². The van der Waals surface area contributed by atoms with Crippen molar-refractivity contribution in [2.24, 2.45) is 0 Å². The van der Waals surface area contributed by atoms with Gasteiger partial charge in [-0.25, -0.2) is 0 Å². The number of ether oxygens (including phenoxy) is 3. The number of rotatable bonds is 49. The zero-order valence-electron chi connectivity index (χ0n) is 41.4. The van der Waals surface area contributed by atoms with E-state index in [1.165, 1.54) is 161 Å². The fourth-order valence-electron chi connectivity index (χ4n) is 7.54. The summed E-state index contributed by atoms with van der Waals surface area (Å²) in [5.41, 5.74) is 0. The van der Waals surface area contributed by atoms with Gasteiger partial charge in [0.15, 0.2) is 6.10 Å². The van der Waals surface area contributed by atoms with Gasteiger partial charge < -0.3 is 14.2 Å². The maximum atomic E-state index is 12.8. The quantitative estimate of drug-likeness (QED) is 0.0346. The van der Waals surface area contributed by atoms with Gasteiger partial charge in [-0.15, -0.1) is 0 Å². The average molecular weight is 867 g/mol. The summed E-state index contributed by atoms with van der Waals surface area (Å²) >= 11 is 0. The van der Waals surface area contributed by atoms with Crippen molar-refractivity contribution in [3.63, 3.8) is 0 Å². The normalized spacial score (nSPS) is 12.6. The molecule has 0 aliphatic carbocycles. The van der Waals surface area contributed by atoms with E-state index >= 15 is 0 Å². The van der Waals surface area contributed by atoms with E-state index in [0.29, 0.717) is 19.4 Å². The second-order valence-corrected chi connectivity index (χ2v) is 17.8. The summed E-state index contributed by atoms with van der Waals surface area (Å²) in [6, 6.07) is 0. The minimum absolute atomic E-state index is 0.0680. The maximum Gasteiger partial charge on any atom is 0.306 e. The summed E-state index contributed by atoms with van der Waals surface area (Å²) < 4.78 is 17.4. The highest BCUT2D eigenvalue weighted by molar-refractivity contribution is 5.70. The van der Waals surface area contributed by atoms with E-state index in [9.17, 15) is 9.59 Å². The van der Waals surface area contributed by atoms with Crippen LogP contribution in [0.25, 0.3) is 0 Å². The average Bonchev–Trinajstić information content (AvgIpc) is 3.27. The van der Waals surface area contributed by atoms with E-state index < -0.39 is 6.10 Å². The zero-order chi connectivity index (χ0) is 44.9. The third-order valence-electron chi connectivity index (χ3n) is 11.5. The zero-order valence-corrected chi connectivity index (χ0v) is 41.4. The molecule has 0 saturated heterocycles. The van der Waals surface area contributed by atoms with Crippen LogP contribution in [0.15, 0.2) is 60.8 Å². The predicted molar refractivity (Wildman–Crippen MR) is 270 cm³/mol. The minimum Gasteiger partial charge on any atom is -0.462 e. The minimum atomic E-state index is -0.559. The van der Waals surface area contributed by atoms with Gasteiger partial charge in [-0.1, -0.05) is 236 Å². The van der Waals surface area contributed by atoms with Crippen LogP contribution in [-0.2, 0) is 23.8 Å². The van der Waals surface area contributed by atoms with Gasteiger partial charge in [0.2, 0.25) is 0 Å². The molecular weight excluding hydrogens is 765 g/mol. The summed E-state index contributed by atoms with van der Waals surface area (Å²) in [7, 11) is 0. The van der Waals surface area contributed by atoms with Gasteiger partial charge in [0.05, 0.1) is 6.61 Å². The van der Waals surface area contributed by atoms with Crippen molar-refractivity contribution in [1.29, 1.82) is 0 Å². The fraction of sp³-hybridized carbons (Fsp3) is 0.789. The molecule has 0 N–H and O–H groups in total. The Balaban J connectivity index is 4.26. The van der Waals surface area contributed by atoms with E-state index in [0.717, 1.165) is 70.6 Å². The van der Waals surface area contributed by atoms with Crippen molar-refractivity contribution in [1.82, 2.24) is 0 Å². The first-order valence-corrected chi connectivity index (χ1v) is 26.8. The van der Waals surface area contributed by atoms with Gasteiger partial charge in [0, 0.05) is 19.4 Å². The first kappa shape index (κ1) is 59.6. The van der Waals surface area contributed by atoms with Gasteiger partial charge in [-0.3, -0.25) is 9.59 Å². The smallest absolute Gasteiger partial charge is 0.306 e. The van der Waals surface area contributed by atoms with Crippen molar-refractivity contribution in [2.75, 3.05) is 19.8 Å². The Morgan fingerprint density at radius 3 is 1.26 bits per heavy atom. The largest absolute Gasteiger partial charge is 0.462 e. The van der Waals surface area contributed by atoms with Crippen LogP contribution in [0.1, 0.15) is 265 Å². The molecule has 0 bridgehead atoms. The number of allylic oxidation sites excluding steroid dienone is 10. The summed E-state index contributed by atoms with van der Waals surface area (Å²) in [4.78, 5) is 25.4. The molecule has 5 nitrogen and oxygen atoms in total. The highest BCUT2D eigenvalue weighted by Gasteiger charge is 2.17. The van der Waals surface area contributed by atoms with Gasteiger partial charge in [-0.05, 0) is 77.0 Å². The molecule has 0 aromatic carbocycles. The third-order valence-corrected chi connectivity index (χ3v) is 11.5. The maximum absolute atomic E-state index is 12.8. The summed E-state index contributed by atoms with van der Waals surface area (Å²) in [5.74, 6) is -0.439. The second kappa shape index (κ2) is 52.9. The van der Waals surface area contributed by atoms with Crippen LogP contribution < -0.4 is 0 Å². The first-order chi connectivity index (χ1) is 30.6. The Morgan fingerprint density at radius 1 is 0.371 bits per heavy atom. The monoisotopic (exact) mass is 867 g/mol. The van der Waals surface area contributed by atoms with Gasteiger partial charge in [0.25, 0.3) is 0 Å². The lowest BCUT2D eigenvalue weighted by molar-refractivity contribution is -0.163. The fourth-order valence-corrected chi connectivity index (χ4v) is 7.54. The Hall–Kier alpha value is -2.40. The summed E-state index contributed by atoms with van der Waals surface area (Å²) in [6.45, 7) is 7.66. The van der Waals surface area contributed by atoms with Crippen molar-refractivity contribution in [3.8, 4) is 0 Å².